The summed E-state index contributed by atoms with van der Waals surface area (Å²) < 4.78 is 0. The van der Waals surface area contributed by atoms with Crippen molar-refractivity contribution in [1.29, 1.82) is 0 Å². The highest BCUT2D eigenvalue weighted by molar-refractivity contribution is 4.97. The van der Waals surface area contributed by atoms with Crippen LogP contribution in [0, 0.1) is 94.7 Å². The van der Waals surface area contributed by atoms with Crippen LogP contribution >= 0.6 is 0 Å². The highest BCUT2D eigenvalue weighted by Crippen LogP contribution is 2.38. The van der Waals surface area contributed by atoms with E-state index < -0.39 is 0 Å². The molecule has 2 bridgehead atoms. The molecule has 11 saturated heterocycles. The van der Waals surface area contributed by atoms with E-state index in [1.165, 1.54) is 227 Å². The summed E-state index contributed by atoms with van der Waals surface area (Å²) in [5.74, 6) is 14.9. The van der Waals surface area contributed by atoms with Crippen LogP contribution in [0.25, 0.3) is 0 Å². The Hall–Kier alpha value is -0.400. The fraction of sp³-hybridized carbons (Fsp3) is 1.00. The standard InChI is InChI=1S/2C12H25N.C10H19N.2C10H21N.C9H19N.2C8H17N.C5H11NO/c1-9(2)10-7-11(3,4)13-12(5,6)8-10;1-4-5-8-13-9-6-12(7-10-13)11(2)3;1-8(2)10-7-11-5-3-9(10)4-6-11;1-4-11-7-5-10(6-8-11)9(2)3;1-4-11-7-5-6-10(8-11)9(2)3;1-8(2)9-4-6-10(3)7-5-9;1-7(2)8-5-4-6-9(8)3;1-7(2)8-3-5-9-6-4-8;1-4-2-5(7)3-6-4/h9-10,13H,7-8H2,1-6H3;11-12H,4-10H2,1-3H3;8-10H,3-7H2,1-2H3;2*9-10H,4-8H2,1-3H3;8-9H,4-7H2,1-3H3;7-8H,4-6H2,1-3H3;7-9H,3-6H2,1-2H3;4-7H,2-3H2,1H3. The van der Waals surface area contributed by atoms with Crippen LogP contribution in [0.3, 0.4) is 0 Å². The van der Waals surface area contributed by atoms with E-state index in [1.807, 2.05) is 0 Å². The number of nitrogens with zero attached hydrogens (tertiary/aromatic N) is 6. The van der Waals surface area contributed by atoms with E-state index >= 15 is 0 Å². The summed E-state index contributed by atoms with van der Waals surface area (Å²) >= 11 is 0. The molecule has 11 aliphatic rings. The molecule has 4 N–H and O–H groups in total. The van der Waals surface area contributed by atoms with Crippen molar-refractivity contribution < 1.29 is 5.11 Å². The van der Waals surface area contributed by atoms with E-state index in [0.29, 0.717) is 17.1 Å². The zero-order chi connectivity index (χ0) is 70.7. The summed E-state index contributed by atoms with van der Waals surface area (Å²) in [6.45, 7) is 78.9. The molecule has 0 aliphatic carbocycles. The Kier molecular flexibility index (Phi) is 46.3. The second kappa shape index (κ2) is 48.5. The van der Waals surface area contributed by atoms with Crippen molar-refractivity contribution in [2.45, 2.75) is 317 Å². The van der Waals surface area contributed by atoms with Crippen molar-refractivity contribution in [1.82, 2.24) is 45.3 Å². The van der Waals surface area contributed by atoms with E-state index in [4.69, 9.17) is 5.11 Å². The maximum atomic E-state index is 8.84. The zero-order valence-corrected chi connectivity index (χ0v) is 68.8. The van der Waals surface area contributed by atoms with Gasteiger partial charge in [-0.05, 0) is 357 Å². The first-order valence-electron chi connectivity index (χ1n) is 41.4. The van der Waals surface area contributed by atoms with E-state index in [2.05, 4.69) is 226 Å². The van der Waals surface area contributed by atoms with Crippen molar-refractivity contribution in [2.75, 3.05) is 132 Å². The van der Waals surface area contributed by atoms with Crippen molar-refractivity contribution in [3.8, 4) is 0 Å². The third-order valence-corrected chi connectivity index (χ3v) is 24.8. The van der Waals surface area contributed by atoms with Gasteiger partial charge in [-0.25, -0.2) is 0 Å². The number of piperidine rings is 9. The Morgan fingerprint density at radius 3 is 1.21 bits per heavy atom. The number of aliphatic hydroxyl groups is 1. The first kappa shape index (κ1) is 89.7. The van der Waals surface area contributed by atoms with Crippen LogP contribution in [0.2, 0.25) is 0 Å². The lowest BCUT2D eigenvalue weighted by molar-refractivity contribution is 0.0277. The Morgan fingerprint density at radius 2 is 0.894 bits per heavy atom. The number of aliphatic hydroxyl groups excluding tert-OH is 1. The lowest BCUT2D eigenvalue weighted by Crippen LogP contribution is -2.58. The molecule has 10 nitrogen and oxygen atoms in total. The third kappa shape index (κ3) is 38.0. The molecule has 11 rings (SSSR count). The number of fused-ring (bicyclic) bond motifs is 3. The SMILES string of the molecule is CC(C)C1CC(C)(C)NC(C)(C)C1.CC(C)C1CCCN1C.CC(C)C1CCN(C)CC1.CC(C)C1CCNCC1.CC(C)C1CN2CCC1CC2.CC1CC(O)CN1.CCCCN1CCC(C(C)C)CC1.CCN1CCC(C(C)C)CC1.CCN1CCCC(C(C)C)C1. The molecule has 0 spiro atoms. The summed E-state index contributed by atoms with van der Waals surface area (Å²) in [7, 11) is 4.45. The summed E-state index contributed by atoms with van der Waals surface area (Å²) in [4.78, 5) is 15.3. The van der Waals surface area contributed by atoms with Crippen LogP contribution < -0.4 is 16.0 Å². The smallest absolute Gasteiger partial charge is 0.0679 e. The van der Waals surface area contributed by atoms with E-state index in [1.54, 1.807) is 0 Å². The lowest BCUT2D eigenvalue weighted by Gasteiger charge is -2.47. The van der Waals surface area contributed by atoms with Crippen LogP contribution in [0.4, 0.5) is 0 Å². The molecule has 0 amide bonds. The molecular formula is C84H175N9O. The predicted molar refractivity (Wildman–Crippen MR) is 419 cm³/mol. The minimum absolute atomic E-state index is 0.0880. The molecular weight excluding hydrogens is 1150 g/mol. The Labute approximate surface area is 591 Å². The van der Waals surface area contributed by atoms with Crippen LogP contribution in [-0.4, -0.2) is 196 Å². The topological polar surface area (TPSA) is 75.8 Å². The van der Waals surface area contributed by atoms with Crippen LogP contribution in [0.15, 0.2) is 0 Å². The fourth-order valence-electron chi connectivity index (χ4n) is 17.6. The maximum absolute atomic E-state index is 8.84. The van der Waals surface area contributed by atoms with Gasteiger partial charge in [-0.2, -0.15) is 0 Å². The summed E-state index contributed by atoms with van der Waals surface area (Å²) in [5.41, 5.74) is 0.632. The average molecular weight is 1330 g/mol. The van der Waals surface area contributed by atoms with Gasteiger partial charge < -0.3 is 50.5 Å². The number of likely N-dealkylation sites (tertiary alicyclic amines) is 5. The van der Waals surface area contributed by atoms with Gasteiger partial charge in [0.15, 0.2) is 0 Å². The monoisotopic (exact) mass is 1330 g/mol. The Balaban J connectivity index is 0.000000362. The molecule has 562 valence electrons. The molecule has 0 saturated carbocycles. The molecule has 0 radical (unpaired) electrons. The summed E-state index contributed by atoms with van der Waals surface area (Å²) in [5, 5.41) is 19.0. The van der Waals surface area contributed by atoms with Gasteiger partial charge in [-0.1, -0.05) is 138 Å². The average Bonchev–Trinajstić information content (AvgIpc) is 1.10. The van der Waals surface area contributed by atoms with Gasteiger partial charge in [-0.3, -0.25) is 0 Å². The number of unbranched alkanes of at least 4 members (excludes halogenated alkanes) is 1. The van der Waals surface area contributed by atoms with Crippen LogP contribution in [0.1, 0.15) is 288 Å². The van der Waals surface area contributed by atoms with E-state index in [9.17, 15) is 0 Å². The highest BCUT2D eigenvalue weighted by atomic mass is 16.3. The number of nitrogens with one attached hydrogen (secondary N) is 3. The van der Waals surface area contributed by atoms with Crippen LogP contribution in [0.5, 0.6) is 0 Å². The Morgan fingerprint density at radius 1 is 0.447 bits per heavy atom. The predicted octanol–water partition coefficient (Wildman–Crippen LogP) is 18.2. The minimum Gasteiger partial charge on any atom is -0.392 e. The van der Waals surface area contributed by atoms with Gasteiger partial charge in [0.2, 0.25) is 0 Å². The normalized spacial score (nSPS) is 28.6. The minimum atomic E-state index is -0.0880. The molecule has 5 atom stereocenters. The van der Waals surface area contributed by atoms with E-state index in [-0.39, 0.29) is 6.10 Å². The zero-order valence-electron chi connectivity index (χ0n) is 68.8. The van der Waals surface area contributed by atoms with Gasteiger partial charge in [-0.15, -0.1) is 0 Å². The molecule has 11 fully saturated rings. The van der Waals surface area contributed by atoms with Gasteiger partial charge in [0.05, 0.1) is 6.10 Å². The molecule has 11 aliphatic heterocycles. The molecule has 10 heteroatoms. The number of hydrogen-bond donors (Lipinski definition) is 4. The molecule has 0 aromatic rings. The number of rotatable bonds is 13. The molecule has 11 heterocycles. The van der Waals surface area contributed by atoms with Crippen molar-refractivity contribution >= 4 is 0 Å². The molecule has 94 heavy (non-hydrogen) atoms. The number of β-amino-alcohol motifs (C(OH)–C–C–N with tert-alkyl or cyclic N) is 1. The van der Waals surface area contributed by atoms with E-state index in [0.717, 1.165) is 114 Å². The second-order valence-electron chi connectivity index (χ2n) is 36.5. The quantitative estimate of drug-likeness (QED) is 0.143. The van der Waals surface area contributed by atoms with Crippen LogP contribution in [-0.2, 0) is 0 Å². The summed E-state index contributed by atoms with van der Waals surface area (Å²) in [6.07, 6.45) is 26.1. The first-order valence-corrected chi connectivity index (χ1v) is 41.4. The summed E-state index contributed by atoms with van der Waals surface area (Å²) in [6, 6.07) is 1.39. The lowest BCUT2D eigenvalue weighted by atomic mass is 9.72. The third-order valence-electron chi connectivity index (χ3n) is 24.8. The van der Waals surface area contributed by atoms with Crippen molar-refractivity contribution in [2.24, 2.45) is 94.7 Å². The first-order chi connectivity index (χ1) is 44.2. The van der Waals surface area contributed by atoms with Gasteiger partial charge in [0.1, 0.15) is 0 Å². The highest BCUT2D eigenvalue weighted by Gasteiger charge is 2.39. The fourth-order valence-corrected chi connectivity index (χ4v) is 17.6. The maximum Gasteiger partial charge on any atom is 0.0679 e. The molecule has 0 aromatic carbocycles. The second-order valence-corrected chi connectivity index (χ2v) is 36.5. The number of hydrogen-bond acceptors (Lipinski definition) is 10. The van der Waals surface area contributed by atoms with Crippen molar-refractivity contribution in [3.63, 3.8) is 0 Å². The Bertz CT molecular complexity index is 1740. The molecule has 5 unspecified atom stereocenters. The largest absolute Gasteiger partial charge is 0.392 e. The van der Waals surface area contributed by atoms with Gasteiger partial charge in [0.25, 0.3) is 0 Å². The van der Waals surface area contributed by atoms with Gasteiger partial charge >= 0.3 is 0 Å². The van der Waals surface area contributed by atoms with Gasteiger partial charge in [0, 0.05) is 42.8 Å². The molecule has 0 aromatic heterocycles. The van der Waals surface area contributed by atoms with Crippen molar-refractivity contribution in [3.05, 3.63) is 0 Å².